The number of rotatable bonds is 6. The monoisotopic (exact) mass is 375 g/mol. The maximum absolute atomic E-state index is 12.2. The first-order chi connectivity index (χ1) is 13.5. The van der Waals surface area contributed by atoms with Crippen LogP contribution in [0.4, 0.5) is 5.69 Å². The summed E-state index contributed by atoms with van der Waals surface area (Å²) in [4.78, 5) is 22.6. The van der Waals surface area contributed by atoms with Crippen molar-refractivity contribution in [3.8, 4) is 11.3 Å². The maximum Gasteiger partial charge on any atom is 0.289 e. The van der Waals surface area contributed by atoms with Gasteiger partial charge in [-0.3, -0.25) is 20.0 Å². The smallest absolute Gasteiger partial charge is 0.272 e. The minimum Gasteiger partial charge on any atom is -0.272 e. The van der Waals surface area contributed by atoms with Crippen LogP contribution in [0.3, 0.4) is 0 Å². The van der Waals surface area contributed by atoms with E-state index in [1.807, 2.05) is 43.3 Å². The largest absolute Gasteiger partial charge is 0.289 e. The van der Waals surface area contributed by atoms with Crippen molar-refractivity contribution in [2.45, 2.75) is 6.92 Å². The number of non-ortho nitro benzene ring substituents is 1. The molecule has 0 bridgehead atoms. The van der Waals surface area contributed by atoms with Gasteiger partial charge in [0.05, 0.1) is 16.8 Å². The third kappa shape index (κ3) is 4.76. The third-order valence-corrected chi connectivity index (χ3v) is 3.80. The average Bonchev–Trinajstić information content (AvgIpc) is 3.19. The van der Waals surface area contributed by atoms with Gasteiger partial charge in [-0.05, 0) is 24.1 Å². The summed E-state index contributed by atoms with van der Waals surface area (Å²) in [7, 11) is 0. The number of nitro benzene ring substituents is 1. The SMILES string of the molecule is CC(/C=N/NC(=O)c1cc(-c2cccc([N+](=O)[O-])c2)n[nH]1)=C\c1ccccc1. The summed E-state index contributed by atoms with van der Waals surface area (Å²) >= 11 is 0. The number of H-pyrrole nitrogens is 1. The highest BCUT2D eigenvalue weighted by atomic mass is 16.6. The maximum atomic E-state index is 12.2. The summed E-state index contributed by atoms with van der Waals surface area (Å²) in [5.74, 6) is -0.465. The predicted molar refractivity (Wildman–Crippen MR) is 107 cm³/mol. The summed E-state index contributed by atoms with van der Waals surface area (Å²) in [6, 6.07) is 17.3. The van der Waals surface area contributed by atoms with Crippen molar-refractivity contribution in [3.63, 3.8) is 0 Å². The van der Waals surface area contributed by atoms with E-state index in [0.29, 0.717) is 11.3 Å². The fourth-order valence-electron chi connectivity index (χ4n) is 2.47. The van der Waals surface area contributed by atoms with Gasteiger partial charge in [0.25, 0.3) is 11.6 Å². The Kier molecular flexibility index (Phi) is 5.71. The number of aromatic nitrogens is 2. The molecule has 0 aliphatic carbocycles. The molecule has 0 unspecified atom stereocenters. The Morgan fingerprint density at radius 3 is 2.71 bits per heavy atom. The zero-order valence-electron chi connectivity index (χ0n) is 15.0. The number of carbonyl (C=O) groups excluding carboxylic acids is 1. The van der Waals surface area contributed by atoms with Crippen LogP contribution in [0, 0.1) is 10.1 Å². The second-order valence-electron chi connectivity index (χ2n) is 5.97. The first kappa shape index (κ1) is 18.7. The number of carbonyl (C=O) groups is 1. The quantitative estimate of drug-likeness (QED) is 0.387. The van der Waals surface area contributed by atoms with Crippen LogP contribution in [0.1, 0.15) is 23.0 Å². The van der Waals surface area contributed by atoms with E-state index in [4.69, 9.17) is 0 Å². The second kappa shape index (κ2) is 8.54. The zero-order valence-corrected chi connectivity index (χ0v) is 15.0. The van der Waals surface area contributed by atoms with E-state index in [1.165, 1.54) is 18.2 Å². The molecule has 3 aromatic rings. The molecule has 140 valence electrons. The standard InChI is InChI=1S/C20H17N5O3/c1-14(10-15-6-3-2-4-7-15)13-21-24-20(26)19-12-18(22-23-19)16-8-5-9-17(11-16)25(27)28/h2-13H,1H3,(H,22,23)(H,24,26)/b14-10+,21-13+. The number of amides is 1. The van der Waals surface area contributed by atoms with Crippen molar-refractivity contribution in [1.82, 2.24) is 15.6 Å². The van der Waals surface area contributed by atoms with Crippen LogP contribution in [0.15, 0.2) is 71.3 Å². The van der Waals surface area contributed by atoms with Gasteiger partial charge in [-0.1, -0.05) is 48.5 Å². The van der Waals surface area contributed by atoms with Crippen LogP contribution in [0.5, 0.6) is 0 Å². The van der Waals surface area contributed by atoms with Gasteiger partial charge in [-0.25, -0.2) is 5.43 Å². The van der Waals surface area contributed by atoms with Crippen LogP contribution < -0.4 is 5.43 Å². The van der Waals surface area contributed by atoms with Gasteiger partial charge in [0.2, 0.25) is 0 Å². The van der Waals surface area contributed by atoms with Crippen LogP contribution in [-0.4, -0.2) is 27.2 Å². The van der Waals surface area contributed by atoms with Crippen molar-refractivity contribution in [1.29, 1.82) is 0 Å². The van der Waals surface area contributed by atoms with Crippen molar-refractivity contribution in [2.24, 2.45) is 5.10 Å². The molecule has 2 N–H and O–H groups in total. The Morgan fingerprint density at radius 2 is 1.96 bits per heavy atom. The average molecular weight is 375 g/mol. The minimum absolute atomic E-state index is 0.0446. The number of aromatic amines is 1. The molecule has 0 fully saturated rings. The number of nitro groups is 1. The molecule has 0 aliphatic heterocycles. The molecule has 1 amide bonds. The van der Waals surface area contributed by atoms with Crippen LogP contribution >= 0.6 is 0 Å². The predicted octanol–water partition coefficient (Wildman–Crippen LogP) is 3.80. The van der Waals surface area contributed by atoms with Crippen molar-refractivity contribution < 1.29 is 9.72 Å². The third-order valence-electron chi connectivity index (χ3n) is 3.80. The minimum atomic E-state index is -0.482. The fraction of sp³-hybridized carbons (Fsp3) is 0.0500. The van der Waals surface area contributed by atoms with E-state index in [-0.39, 0.29) is 11.4 Å². The molecular weight excluding hydrogens is 358 g/mol. The van der Waals surface area contributed by atoms with E-state index in [0.717, 1.165) is 11.1 Å². The van der Waals surface area contributed by atoms with Crippen molar-refractivity contribution in [2.75, 3.05) is 0 Å². The van der Waals surface area contributed by atoms with E-state index < -0.39 is 10.8 Å². The highest BCUT2D eigenvalue weighted by Crippen LogP contribution is 2.22. The van der Waals surface area contributed by atoms with Crippen LogP contribution in [0.25, 0.3) is 17.3 Å². The lowest BCUT2D eigenvalue weighted by molar-refractivity contribution is -0.384. The topological polar surface area (TPSA) is 113 Å². The molecule has 2 aromatic carbocycles. The highest BCUT2D eigenvalue weighted by Gasteiger charge is 2.13. The van der Waals surface area contributed by atoms with Gasteiger partial charge >= 0.3 is 0 Å². The summed E-state index contributed by atoms with van der Waals surface area (Å²) < 4.78 is 0. The molecule has 0 saturated carbocycles. The van der Waals surface area contributed by atoms with Gasteiger partial charge in [0, 0.05) is 17.7 Å². The van der Waals surface area contributed by atoms with E-state index in [1.54, 1.807) is 18.3 Å². The number of hydrazone groups is 1. The summed E-state index contributed by atoms with van der Waals surface area (Å²) in [6.07, 6.45) is 3.48. The molecule has 1 aromatic heterocycles. The van der Waals surface area contributed by atoms with Crippen LogP contribution in [-0.2, 0) is 0 Å². The van der Waals surface area contributed by atoms with Gasteiger partial charge in [0.15, 0.2) is 0 Å². The molecular formula is C20H17N5O3. The number of benzene rings is 2. The second-order valence-corrected chi connectivity index (χ2v) is 5.97. The number of hydrogen-bond acceptors (Lipinski definition) is 5. The fourth-order valence-corrected chi connectivity index (χ4v) is 2.47. The van der Waals surface area contributed by atoms with Gasteiger partial charge in [-0.2, -0.15) is 10.2 Å². The van der Waals surface area contributed by atoms with E-state index in [2.05, 4.69) is 20.7 Å². The van der Waals surface area contributed by atoms with Gasteiger partial charge < -0.3 is 0 Å². The molecule has 8 nitrogen and oxygen atoms in total. The molecule has 28 heavy (non-hydrogen) atoms. The van der Waals surface area contributed by atoms with Gasteiger partial charge in [0.1, 0.15) is 5.69 Å². The Hall–Kier alpha value is -4.07. The Balaban J connectivity index is 1.65. The molecule has 3 rings (SSSR count). The molecule has 1 heterocycles. The molecule has 8 heteroatoms. The van der Waals surface area contributed by atoms with Crippen LogP contribution in [0.2, 0.25) is 0 Å². The molecule has 0 aliphatic rings. The summed E-state index contributed by atoms with van der Waals surface area (Å²) in [6.45, 7) is 1.87. The van der Waals surface area contributed by atoms with Crippen molar-refractivity contribution in [3.05, 3.63) is 87.6 Å². The number of hydrogen-bond donors (Lipinski definition) is 2. The zero-order chi connectivity index (χ0) is 19.9. The lowest BCUT2D eigenvalue weighted by Crippen LogP contribution is -2.17. The molecule has 0 spiro atoms. The first-order valence-corrected chi connectivity index (χ1v) is 8.40. The van der Waals surface area contributed by atoms with E-state index in [9.17, 15) is 14.9 Å². The Bertz CT molecular complexity index is 1050. The number of allylic oxidation sites excluding steroid dienone is 1. The highest BCUT2D eigenvalue weighted by molar-refractivity contribution is 5.94. The van der Waals surface area contributed by atoms with Gasteiger partial charge in [-0.15, -0.1) is 0 Å². The normalized spacial score (nSPS) is 11.5. The summed E-state index contributed by atoms with van der Waals surface area (Å²) in [5.41, 5.74) is 5.44. The lowest BCUT2D eigenvalue weighted by Gasteiger charge is -1.97. The number of nitrogens with one attached hydrogen (secondary N) is 2. The molecule has 0 radical (unpaired) electrons. The van der Waals surface area contributed by atoms with Crippen molar-refractivity contribution >= 4 is 23.9 Å². The Labute approximate surface area is 160 Å². The summed E-state index contributed by atoms with van der Waals surface area (Å²) in [5, 5.41) is 21.5. The molecule has 0 atom stereocenters. The van der Waals surface area contributed by atoms with E-state index >= 15 is 0 Å². The lowest BCUT2D eigenvalue weighted by atomic mass is 10.1. The Morgan fingerprint density at radius 1 is 1.18 bits per heavy atom. The first-order valence-electron chi connectivity index (χ1n) is 8.40. The molecule has 0 saturated heterocycles. The number of nitrogens with zero attached hydrogens (tertiary/aromatic N) is 3.